The van der Waals surface area contributed by atoms with Crippen LogP contribution in [0.15, 0.2) is 97.2 Å². The average molecular weight is 497 g/mol. The van der Waals surface area contributed by atoms with Crippen molar-refractivity contribution in [2.24, 2.45) is 13.0 Å². The molecule has 3 aromatic carbocycles. The zero-order valence-electron chi connectivity index (χ0n) is 22.2. The van der Waals surface area contributed by atoms with Crippen LogP contribution >= 0.6 is 0 Å². The highest BCUT2D eigenvalue weighted by atomic mass is 16.2. The Bertz CT molecular complexity index is 1190. The molecule has 192 valence electrons. The number of carbonyl (C=O) groups is 1. The minimum absolute atomic E-state index is 0.211. The molecule has 0 bridgehead atoms. The summed E-state index contributed by atoms with van der Waals surface area (Å²) in [5.74, 6) is 1.26. The lowest BCUT2D eigenvalue weighted by Gasteiger charge is -2.37. The van der Waals surface area contributed by atoms with E-state index >= 15 is 0 Å². The Morgan fingerprint density at radius 3 is 1.78 bits per heavy atom. The molecule has 0 saturated heterocycles. The van der Waals surface area contributed by atoms with Crippen molar-refractivity contribution in [2.75, 3.05) is 17.2 Å². The van der Waals surface area contributed by atoms with Crippen molar-refractivity contribution in [2.45, 2.75) is 39.3 Å². The van der Waals surface area contributed by atoms with Crippen LogP contribution in [0.5, 0.6) is 0 Å². The predicted molar refractivity (Wildman–Crippen MR) is 151 cm³/mol. The van der Waals surface area contributed by atoms with Crippen LogP contribution in [0, 0.1) is 5.92 Å². The van der Waals surface area contributed by atoms with Gasteiger partial charge < -0.3 is 10.6 Å². The van der Waals surface area contributed by atoms with Gasteiger partial charge >= 0.3 is 6.03 Å². The van der Waals surface area contributed by atoms with Gasteiger partial charge in [0.1, 0.15) is 5.54 Å². The third kappa shape index (κ3) is 5.69. The van der Waals surface area contributed by atoms with E-state index in [0.717, 1.165) is 41.2 Å². The summed E-state index contributed by atoms with van der Waals surface area (Å²) in [6.07, 6.45) is 2.89. The van der Waals surface area contributed by atoms with E-state index < -0.39 is 5.54 Å². The first-order valence-electron chi connectivity index (χ1n) is 13.0. The number of nitrogens with zero attached hydrogens (tertiary/aromatic N) is 2. The molecule has 3 N–H and O–H groups in total. The Kier molecular flexibility index (Phi) is 8.29. The molecule has 0 spiro atoms. The lowest BCUT2D eigenvalue weighted by atomic mass is 9.77. The zero-order valence-corrected chi connectivity index (χ0v) is 22.2. The van der Waals surface area contributed by atoms with E-state index in [9.17, 15) is 4.79 Å². The van der Waals surface area contributed by atoms with Gasteiger partial charge in [0.15, 0.2) is 18.1 Å². The van der Waals surface area contributed by atoms with Gasteiger partial charge in [-0.3, -0.25) is 5.32 Å². The molecule has 0 fully saturated rings. The van der Waals surface area contributed by atoms with Crippen molar-refractivity contribution in [1.29, 1.82) is 0 Å². The molecule has 0 aliphatic heterocycles. The second-order valence-electron chi connectivity index (χ2n) is 9.78. The number of amides is 2. The fourth-order valence-corrected chi connectivity index (χ4v) is 4.75. The molecule has 6 heteroatoms. The van der Waals surface area contributed by atoms with Crippen LogP contribution in [0.4, 0.5) is 16.3 Å². The summed E-state index contributed by atoms with van der Waals surface area (Å²) in [6.45, 7) is 7.86. The lowest BCUT2D eigenvalue weighted by molar-refractivity contribution is -0.776. The predicted octanol–water partition coefficient (Wildman–Crippen LogP) is 5.90. The van der Waals surface area contributed by atoms with Gasteiger partial charge in [0.25, 0.3) is 0 Å². The minimum Gasteiger partial charge on any atom is -0.348 e. The minimum atomic E-state index is -0.706. The van der Waals surface area contributed by atoms with Gasteiger partial charge in [-0.15, -0.1) is 9.36 Å². The molecule has 2 amide bonds. The second-order valence-corrected chi connectivity index (χ2v) is 9.78. The molecule has 4 rings (SSSR count). The van der Waals surface area contributed by atoms with Crippen molar-refractivity contribution in [3.05, 3.63) is 114 Å². The van der Waals surface area contributed by atoms with Crippen LogP contribution < -0.4 is 20.6 Å². The third-order valence-electron chi connectivity index (χ3n) is 6.50. The van der Waals surface area contributed by atoms with Gasteiger partial charge in [-0.25, -0.2) is 4.79 Å². The smallest absolute Gasteiger partial charge is 0.319 e. The number of urea groups is 1. The van der Waals surface area contributed by atoms with E-state index in [1.165, 1.54) is 0 Å². The summed E-state index contributed by atoms with van der Waals surface area (Å²) in [4.78, 5) is 12.8. The Morgan fingerprint density at radius 1 is 0.865 bits per heavy atom. The first kappa shape index (κ1) is 26.0. The van der Waals surface area contributed by atoms with Crippen molar-refractivity contribution in [3.63, 3.8) is 0 Å². The monoisotopic (exact) mass is 496 g/mol. The van der Waals surface area contributed by atoms with Crippen LogP contribution in [0.3, 0.4) is 0 Å². The molecule has 6 nitrogen and oxygen atoms in total. The van der Waals surface area contributed by atoms with Crippen molar-refractivity contribution < 1.29 is 9.48 Å². The topological polar surface area (TPSA) is 62.0 Å². The van der Waals surface area contributed by atoms with E-state index in [4.69, 9.17) is 0 Å². The van der Waals surface area contributed by atoms with Gasteiger partial charge in [-0.1, -0.05) is 112 Å². The summed E-state index contributed by atoms with van der Waals surface area (Å²) in [5.41, 5.74) is 3.33. The molecule has 0 saturated carbocycles. The summed E-state index contributed by atoms with van der Waals surface area (Å²) < 4.78 is 4.24. The van der Waals surface area contributed by atoms with E-state index in [1.54, 1.807) is 0 Å². The van der Waals surface area contributed by atoms with Crippen molar-refractivity contribution >= 4 is 17.5 Å². The fourth-order valence-electron chi connectivity index (χ4n) is 4.75. The first-order valence-corrected chi connectivity index (χ1v) is 13.0. The number of rotatable bonds is 10. The van der Waals surface area contributed by atoms with Crippen LogP contribution in [0.25, 0.3) is 0 Å². The van der Waals surface area contributed by atoms with Gasteiger partial charge in [0.05, 0.1) is 7.05 Å². The molecule has 0 aliphatic rings. The molecule has 37 heavy (non-hydrogen) atoms. The standard InChI is InChI=1S/C31H37N5O/c1-5-21-32-30(37)33-28-23-36(22-24(2)3)35(4)29(28)34-31(25-15-9-6-10-16-25,26-17-11-7-12-18-26)27-19-13-8-14-20-27/h6-20,23-24H,5,21-22H2,1-4H3,(H2,32,33,37)/p+1. The van der Waals surface area contributed by atoms with E-state index in [0.29, 0.717) is 12.5 Å². The maximum Gasteiger partial charge on any atom is 0.319 e. The van der Waals surface area contributed by atoms with Crippen LogP contribution in [-0.4, -0.2) is 17.3 Å². The van der Waals surface area contributed by atoms with Gasteiger partial charge in [-0.2, -0.15) is 0 Å². The number of anilines is 2. The highest BCUT2D eigenvalue weighted by Gasteiger charge is 2.39. The average Bonchev–Trinajstić information content (AvgIpc) is 3.19. The number of benzene rings is 3. The highest BCUT2D eigenvalue weighted by molar-refractivity contribution is 5.92. The second kappa shape index (κ2) is 11.8. The van der Waals surface area contributed by atoms with Crippen molar-refractivity contribution in [1.82, 2.24) is 10.00 Å². The molecule has 0 unspecified atom stereocenters. The Balaban J connectivity index is 1.93. The Hall–Kier alpha value is -4.06. The SMILES string of the molecule is CCCNC(=O)Nc1c[n+](CC(C)C)n(C)c1NC(c1ccccc1)(c1ccccc1)c1ccccc1. The van der Waals surface area contributed by atoms with Crippen LogP contribution in [0.1, 0.15) is 43.9 Å². The molecule has 1 heterocycles. The number of hydrogen-bond donors (Lipinski definition) is 3. The molecule has 1 aromatic heterocycles. The molecule has 0 atom stereocenters. The quantitative estimate of drug-likeness (QED) is 0.189. The van der Waals surface area contributed by atoms with Crippen LogP contribution in [0.2, 0.25) is 0 Å². The molecule has 0 radical (unpaired) electrons. The Labute approximate surface area is 220 Å². The summed E-state index contributed by atoms with van der Waals surface area (Å²) >= 11 is 0. The van der Waals surface area contributed by atoms with Crippen LogP contribution in [-0.2, 0) is 19.1 Å². The molecule has 0 aliphatic carbocycles. The molecule has 4 aromatic rings. The molecular weight excluding hydrogens is 458 g/mol. The van der Waals surface area contributed by atoms with Crippen molar-refractivity contribution in [3.8, 4) is 0 Å². The first-order chi connectivity index (χ1) is 18.0. The van der Waals surface area contributed by atoms with E-state index in [2.05, 4.69) is 112 Å². The fraction of sp³-hybridized carbons (Fsp3) is 0.290. The highest BCUT2D eigenvalue weighted by Crippen LogP contribution is 2.41. The zero-order chi connectivity index (χ0) is 26.3. The normalized spacial score (nSPS) is 11.4. The molecular formula is C31H38N5O+. The number of carbonyl (C=O) groups excluding carboxylic acids is 1. The van der Waals surface area contributed by atoms with E-state index in [1.807, 2.05) is 38.4 Å². The van der Waals surface area contributed by atoms with Gasteiger partial charge in [-0.05, 0) is 23.1 Å². The maximum absolute atomic E-state index is 12.8. The largest absolute Gasteiger partial charge is 0.348 e. The number of nitrogens with one attached hydrogen (secondary N) is 3. The van der Waals surface area contributed by atoms with E-state index in [-0.39, 0.29) is 6.03 Å². The number of aromatic nitrogens is 2. The Morgan fingerprint density at radius 2 is 1.35 bits per heavy atom. The lowest BCUT2D eigenvalue weighted by Crippen LogP contribution is -2.45. The van der Waals surface area contributed by atoms with Gasteiger partial charge in [0.2, 0.25) is 6.20 Å². The maximum atomic E-state index is 12.8. The third-order valence-corrected chi connectivity index (χ3v) is 6.50. The summed E-state index contributed by atoms with van der Waals surface area (Å²) in [6, 6.07) is 31.2. The summed E-state index contributed by atoms with van der Waals surface area (Å²) in [5, 5.41) is 9.97. The summed E-state index contributed by atoms with van der Waals surface area (Å²) in [7, 11) is 2.03. The van der Waals surface area contributed by atoms with Gasteiger partial charge in [0, 0.05) is 12.5 Å². The number of hydrogen-bond acceptors (Lipinski definition) is 2.